The minimum Gasteiger partial charge on any atom is -0.394 e. The molecule has 0 heterocycles. The summed E-state index contributed by atoms with van der Waals surface area (Å²) in [6.07, 6.45) is 51.8. The molecule has 0 bridgehead atoms. The molecule has 0 radical (unpaired) electrons. The molecule has 0 aromatic carbocycles. The molecule has 5 heteroatoms. The van der Waals surface area contributed by atoms with Gasteiger partial charge in [0, 0.05) is 0 Å². The molecule has 0 aromatic heterocycles. The van der Waals surface area contributed by atoms with Crippen molar-refractivity contribution in [2.24, 2.45) is 0 Å². The maximum Gasteiger partial charge on any atom is 0.249 e. The zero-order valence-electron chi connectivity index (χ0n) is 34.0. The van der Waals surface area contributed by atoms with Gasteiger partial charge in [0.25, 0.3) is 0 Å². The van der Waals surface area contributed by atoms with Crippen LogP contribution in [0.2, 0.25) is 0 Å². The van der Waals surface area contributed by atoms with Crippen LogP contribution in [-0.2, 0) is 4.79 Å². The largest absolute Gasteiger partial charge is 0.394 e. The van der Waals surface area contributed by atoms with E-state index in [1.54, 1.807) is 6.08 Å². The van der Waals surface area contributed by atoms with Crippen LogP contribution in [0.1, 0.15) is 226 Å². The number of carbonyl (C=O) groups excluding carboxylic acids is 1. The van der Waals surface area contributed by atoms with Gasteiger partial charge in [0.2, 0.25) is 5.91 Å². The van der Waals surface area contributed by atoms with Crippen molar-refractivity contribution in [3.05, 3.63) is 36.5 Å². The van der Waals surface area contributed by atoms with Crippen molar-refractivity contribution in [3.8, 4) is 0 Å². The molecule has 0 fully saturated rings. The minimum atomic E-state index is -1.11. The van der Waals surface area contributed by atoms with Crippen molar-refractivity contribution in [1.82, 2.24) is 5.32 Å². The number of rotatable bonds is 40. The average molecular weight is 718 g/mol. The fourth-order valence-electron chi connectivity index (χ4n) is 6.67. The molecule has 0 saturated carbocycles. The third-order valence-electron chi connectivity index (χ3n) is 10.2. The first-order valence-corrected chi connectivity index (χ1v) is 22.3. The highest BCUT2D eigenvalue weighted by atomic mass is 16.3. The maximum atomic E-state index is 12.5. The first-order valence-electron chi connectivity index (χ1n) is 22.3. The van der Waals surface area contributed by atoms with Crippen LogP contribution in [0, 0.1) is 0 Å². The van der Waals surface area contributed by atoms with E-state index >= 15 is 0 Å². The molecular weight excluding hydrogens is 631 g/mol. The monoisotopic (exact) mass is 718 g/mol. The van der Waals surface area contributed by atoms with Crippen molar-refractivity contribution < 1.29 is 20.1 Å². The van der Waals surface area contributed by atoms with E-state index in [2.05, 4.69) is 43.5 Å². The summed E-state index contributed by atoms with van der Waals surface area (Å²) in [6, 6.07) is -0.816. The molecule has 5 nitrogen and oxygen atoms in total. The highest BCUT2D eigenvalue weighted by molar-refractivity contribution is 5.80. The van der Waals surface area contributed by atoms with Crippen molar-refractivity contribution in [2.45, 2.75) is 244 Å². The number of aliphatic hydroxyl groups excluding tert-OH is 3. The van der Waals surface area contributed by atoms with E-state index in [0.717, 1.165) is 38.5 Å². The first kappa shape index (κ1) is 49.6. The summed E-state index contributed by atoms with van der Waals surface area (Å²) in [4.78, 5) is 12.5. The summed E-state index contributed by atoms with van der Waals surface area (Å²) in [6.45, 7) is 4.17. The van der Waals surface area contributed by atoms with Crippen LogP contribution in [-0.4, -0.2) is 46.1 Å². The van der Waals surface area contributed by atoms with Gasteiger partial charge < -0.3 is 20.6 Å². The molecule has 300 valence electrons. The number of amides is 1. The van der Waals surface area contributed by atoms with E-state index in [1.807, 2.05) is 6.08 Å². The van der Waals surface area contributed by atoms with Crippen molar-refractivity contribution in [3.63, 3.8) is 0 Å². The summed E-state index contributed by atoms with van der Waals surface area (Å²) in [5, 5.41) is 33.1. The number of carbonyl (C=O) groups is 1. The Morgan fingerprint density at radius 2 is 0.804 bits per heavy atom. The third-order valence-corrected chi connectivity index (χ3v) is 10.2. The van der Waals surface area contributed by atoms with Gasteiger partial charge in [0.1, 0.15) is 6.10 Å². The highest BCUT2D eigenvalue weighted by Crippen LogP contribution is 2.14. The molecule has 0 rings (SSSR count). The van der Waals surface area contributed by atoms with Gasteiger partial charge in [-0.3, -0.25) is 4.79 Å². The van der Waals surface area contributed by atoms with E-state index in [4.69, 9.17) is 0 Å². The Balaban J connectivity index is 3.72. The van der Waals surface area contributed by atoms with E-state index < -0.39 is 24.2 Å². The molecule has 0 aliphatic heterocycles. The van der Waals surface area contributed by atoms with Crippen LogP contribution in [0.15, 0.2) is 36.5 Å². The molecule has 3 unspecified atom stereocenters. The van der Waals surface area contributed by atoms with E-state index in [-0.39, 0.29) is 6.61 Å². The van der Waals surface area contributed by atoms with Crippen molar-refractivity contribution in [1.29, 1.82) is 0 Å². The first-order chi connectivity index (χ1) is 25.1. The molecule has 0 aliphatic carbocycles. The van der Waals surface area contributed by atoms with Crippen molar-refractivity contribution in [2.75, 3.05) is 6.61 Å². The van der Waals surface area contributed by atoms with Gasteiger partial charge >= 0.3 is 0 Å². The summed E-state index contributed by atoms with van der Waals surface area (Å²) < 4.78 is 0. The lowest BCUT2D eigenvalue weighted by atomic mass is 10.0. The Labute approximate surface area is 317 Å². The Morgan fingerprint density at radius 1 is 0.471 bits per heavy atom. The highest BCUT2D eigenvalue weighted by Gasteiger charge is 2.22. The van der Waals surface area contributed by atoms with E-state index in [9.17, 15) is 20.1 Å². The number of aliphatic hydroxyl groups is 3. The molecule has 3 atom stereocenters. The predicted molar refractivity (Wildman–Crippen MR) is 222 cm³/mol. The molecule has 51 heavy (non-hydrogen) atoms. The normalized spacial score (nSPS) is 13.9. The molecule has 0 spiro atoms. The maximum absolute atomic E-state index is 12.5. The summed E-state index contributed by atoms with van der Waals surface area (Å²) >= 11 is 0. The number of hydrogen-bond donors (Lipinski definition) is 4. The fourth-order valence-corrected chi connectivity index (χ4v) is 6.67. The zero-order valence-corrected chi connectivity index (χ0v) is 34.0. The van der Waals surface area contributed by atoms with Crippen LogP contribution in [0.5, 0.6) is 0 Å². The van der Waals surface area contributed by atoms with Gasteiger partial charge in [-0.05, 0) is 57.8 Å². The Kier molecular flexibility index (Phi) is 40.2. The molecule has 0 aromatic rings. The van der Waals surface area contributed by atoms with Crippen LogP contribution in [0.25, 0.3) is 0 Å². The van der Waals surface area contributed by atoms with Gasteiger partial charge in [0.15, 0.2) is 0 Å². The predicted octanol–water partition coefficient (Wildman–Crippen LogP) is 12.8. The lowest BCUT2D eigenvalue weighted by molar-refractivity contribution is -0.131. The van der Waals surface area contributed by atoms with Crippen LogP contribution >= 0.6 is 0 Å². The molecule has 1 amide bonds. The Bertz CT molecular complexity index is 794. The van der Waals surface area contributed by atoms with Crippen molar-refractivity contribution >= 4 is 5.91 Å². The SMILES string of the molecule is CCCCCCCCCCCC/C=C\CCCCCCCCC(O)C(=O)NC(CO)C(O)/C=C/CC/C=C/CCCCCCCCCCCCC. The number of hydrogen-bond acceptors (Lipinski definition) is 4. The second-order valence-electron chi connectivity index (χ2n) is 15.2. The van der Waals surface area contributed by atoms with Gasteiger partial charge in [-0.25, -0.2) is 0 Å². The molecule has 4 N–H and O–H groups in total. The number of unbranched alkanes of at least 4 members (excludes halogenated alkanes) is 28. The molecular formula is C46H87NO4. The second kappa shape index (κ2) is 41.3. The summed E-state index contributed by atoms with van der Waals surface area (Å²) in [7, 11) is 0. The number of nitrogens with one attached hydrogen (secondary N) is 1. The third kappa shape index (κ3) is 36.7. The minimum absolute atomic E-state index is 0.378. The smallest absolute Gasteiger partial charge is 0.249 e. The second-order valence-corrected chi connectivity index (χ2v) is 15.2. The standard InChI is InChI=1S/C46H87NO4/c1-3-5-7-9-11-13-15-17-19-21-22-23-25-27-29-31-33-35-37-39-41-45(50)46(51)47-43(42-48)44(49)40-38-36-34-32-30-28-26-24-20-18-16-14-12-10-8-6-4-2/h23,25,30,32,38,40,43-45,48-50H,3-22,24,26-29,31,33-37,39,41-42H2,1-2H3,(H,47,51)/b25-23-,32-30+,40-38+. The average Bonchev–Trinajstić information content (AvgIpc) is 3.13. The number of allylic oxidation sites excluding steroid dienone is 5. The molecule has 0 saturated heterocycles. The Hall–Kier alpha value is -1.43. The van der Waals surface area contributed by atoms with Crippen LogP contribution < -0.4 is 5.32 Å². The quantitative estimate of drug-likeness (QED) is 0.0375. The Morgan fingerprint density at radius 3 is 1.20 bits per heavy atom. The summed E-state index contributed by atoms with van der Waals surface area (Å²) in [5.74, 6) is -0.517. The van der Waals surface area contributed by atoms with Crippen LogP contribution in [0.3, 0.4) is 0 Å². The van der Waals surface area contributed by atoms with Crippen LogP contribution in [0.4, 0.5) is 0 Å². The van der Waals surface area contributed by atoms with Gasteiger partial charge in [-0.2, -0.15) is 0 Å². The topological polar surface area (TPSA) is 89.8 Å². The molecule has 0 aliphatic rings. The van der Waals surface area contributed by atoms with Gasteiger partial charge in [0.05, 0.1) is 18.8 Å². The van der Waals surface area contributed by atoms with Gasteiger partial charge in [-0.15, -0.1) is 0 Å². The summed E-state index contributed by atoms with van der Waals surface area (Å²) in [5.41, 5.74) is 0. The van der Waals surface area contributed by atoms with E-state index in [0.29, 0.717) is 6.42 Å². The lowest BCUT2D eigenvalue weighted by Gasteiger charge is -2.21. The van der Waals surface area contributed by atoms with E-state index in [1.165, 1.54) is 167 Å². The lowest BCUT2D eigenvalue weighted by Crippen LogP contribution is -2.48. The zero-order chi connectivity index (χ0) is 37.3. The fraction of sp³-hybridized carbons (Fsp3) is 0.848. The van der Waals surface area contributed by atoms with Gasteiger partial charge in [-0.1, -0.05) is 204 Å².